The third-order valence-corrected chi connectivity index (χ3v) is 9.51. The Kier molecular flexibility index (Phi) is 9.90. The number of pyridine rings is 1. The van der Waals surface area contributed by atoms with Crippen LogP contribution in [0.2, 0.25) is 0 Å². The van der Waals surface area contributed by atoms with Crippen LogP contribution in [0.4, 0.5) is 27.0 Å². The Morgan fingerprint density at radius 3 is 2.39 bits per heavy atom. The van der Waals surface area contributed by atoms with Crippen molar-refractivity contribution in [1.29, 1.82) is 0 Å². The Labute approximate surface area is 294 Å². The molecule has 1 aliphatic carbocycles. The number of anilines is 3. The molecule has 15 nitrogen and oxygen atoms in total. The Bertz CT molecular complexity index is 1910. The molecule has 3 amide bonds. The van der Waals surface area contributed by atoms with E-state index < -0.39 is 30.4 Å². The molecule has 0 radical (unpaired) electrons. The maximum atomic E-state index is 12.8. The fourth-order valence-corrected chi connectivity index (χ4v) is 6.90. The summed E-state index contributed by atoms with van der Waals surface area (Å²) in [6.07, 6.45) is 2.55. The van der Waals surface area contributed by atoms with Crippen molar-refractivity contribution in [2.24, 2.45) is 0 Å². The summed E-state index contributed by atoms with van der Waals surface area (Å²) in [6, 6.07) is 22.1. The Morgan fingerprint density at radius 1 is 0.961 bits per heavy atom. The first-order chi connectivity index (χ1) is 24.9. The largest absolute Gasteiger partial charge is 0.453 e. The number of imidazole rings is 1. The second kappa shape index (κ2) is 15.0. The summed E-state index contributed by atoms with van der Waals surface area (Å²) in [5.41, 5.74) is 3.82. The van der Waals surface area contributed by atoms with Gasteiger partial charge in [0, 0.05) is 37.8 Å². The van der Waals surface area contributed by atoms with Crippen molar-refractivity contribution in [2.75, 3.05) is 42.3 Å². The van der Waals surface area contributed by atoms with E-state index in [-0.39, 0.29) is 24.4 Å². The molecule has 0 unspecified atom stereocenters. The number of nitrogens with one attached hydrogen (secondary N) is 4. The number of aliphatic hydroxyl groups is 2. The zero-order valence-corrected chi connectivity index (χ0v) is 28.0. The summed E-state index contributed by atoms with van der Waals surface area (Å²) in [5.74, 6) is 0.934. The van der Waals surface area contributed by atoms with Gasteiger partial charge in [0.25, 0.3) is 0 Å². The average Bonchev–Trinajstić information content (AvgIpc) is 3.87. The van der Waals surface area contributed by atoms with Crippen LogP contribution >= 0.6 is 0 Å². The topological polar surface area (TPSA) is 192 Å². The number of amides is 3. The molecule has 6 N–H and O–H groups in total. The number of urea groups is 1. The smallest absolute Gasteiger partial charge is 0.407 e. The highest BCUT2D eigenvalue weighted by Gasteiger charge is 2.44. The highest BCUT2D eigenvalue weighted by Crippen LogP contribution is 2.35. The van der Waals surface area contributed by atoms with Gasteiger partial charge < -0.3 is 45.7 Å². The van der Waals surface area contributed by atoms with Crippen molar-refractivity contribution in [3.8, 4) is 0 Å². The number of nitrogens with zero attached hydrogens (tertiary/aromatic N) is 6. The molecule has 5 atom stereocenters. The molecule has 51 heavy (non-hydrogen) atoms. The normalized spacial score (nSPS) is 21.5. The third-order valence-electron chi connectivity index (χ3n) is 9.51. The molecular weight excluding hydrogens is 652 g/mol. The maximum absolute atomic E-state index is 12.8. The summed E-state index contributed by atoms with van der Waals surface area (Å²) in [7, 11) is 1.24. The summed E-state index contributed by atoms with van der Waals surface area (Å²) in [6.45, 7) is 1.55. The van der Waals surface area contributed by atoms with Gasteiger partial charge in [0.1, 0.15) is 12.2 Å². The minimum absolute atomic E-state index is 0.00130. The first-order valence-corrected chi connectivity index (χ1v) is 16.9. The number of ether oxygens (including phenoxy) is 1. The molecule has 15 heteroatoms. The minimum atomic E-state index is -1.23. The third kappa shape index (κ3) is 7.39. The highest BCUT2D eigenvalue weighted by molar-refractivity contribution is 5.89. The number of methoxy groups -OCH3 is 1. The molecule has 4 heterocycles. The van der Waals surface area contributed by atoms with Crippen LogP contribution in [0.1, 0.15) is 35.9 Å². The van der Waals surface area contributed by atoms with Crippen molar-refractivity contribution in [2.45, 2.75) is 49.1 Å². The lowest BCUT2D eigenvalue weighted by Crippen LogP contribution is -2.43. The van der Waals surface area contributed by atoms with Crippen molar-refractivity contribution in [3.63, 3.8) is 0 Å². The summed E-state index contributed by atoms with van der Waals surface area (Å²) in [4.78, 5) is 45.4. The van der Waals surface area contributed by atoms with Crippen molar-refractivity contribution >= 4 is 40.7 Å². The van der Waals surface area contributed by atoms with Gasteiger partial charge in [-0.05, 0) is 36.1 Å². The summed E-state index contributed by atoms with van der Waals surface area (Å²) < 4.78 is 6.46. The Balaban J connectivity index is 1.19. The highest BCUT2D eigenvalue weighted by atomic mass is 16.5. The predicted octanol–water partition coefficient (Wildman–Crippen LogP) is 3.26. The molecule has 0 bridgehead atoms. The van der Waals surface area contributed by atoms with Gasteiger partial charge in [-0.3, -0.25) is 4.98 Å². The molecular formula is C36H40N10O5. The first-order valence-electron chi connectivity index (χ1n) is 16.9. The number of aromatic nitrogens is 5. The van der Waals surface area contributed by atoms with Crippen LogP contribution in [-0.4, -0.2) is 97.9 Å². The van der Waals surface area contributed by atoms with E-state index in [1.165, 1.54) is 7.11 Å². The molecule has 1 saturated heterocycles. The first kappa shape index (κ1) is 33.7. The lowest BCUT2D eigenvalue weighted by molar-refractivity contribution is 0.0142. The van der Waals surface area contributed by atoms with Gasteiger partial charge in [-0.15, -0.1) is 0 Å². The molecule has 7 rings (SSSR count). The predicted molar refractivity (Wildman–Crippen MR) is 191 cm³/mol. The fraction of sp³-hybridized carbons (Fsp3) is 0.333. The quantitative estimate of drug-likeness (QED) is 0.126. The van der Waals surface area contributed by atoms with E-state index in [1.54, 1.807) is 35.4 Å². The molecule has 5 aromatic rings. The van der Waals surface area contributed by atoms with Crippen LogP contribution in [0, 0.1) is 0 Å². The molecule has 264 valence electrons. The lowest BCUT2D eigenvalue weighted by atomic mass is 9.91. The van der Waals surface area contributed by atoms with Gasteiger partial charge in [0.15, 0.2) is 17.0 Å². The molecule has 0 spiro atoms. The van der Waals surface area contributed by atoms with Gasteiger partial charge in [0.05, 0.1) is 37.4 Å². The van der Waals surface area contributed by atoms with Crippen LogP contribution in [0.3, 0.4) is 0 Å². The molecule has 2 aromatic carbocycles. The van der Waals surface area contributed by atoms with E-state index in [0.29, 0.717) is 54.7 Å². The number of hydrogen-bond acceptors (Lipinski definition) is 11. The van der Waals surface area contributed by atoms with E-state index in [4.69, 9.17) is 19.7 Å². The lowest BCUT2D eigenvalue weighted by Gasteiger charge is -2.22. The number of aliphatic hydroxyl groups excluding tert-OH is 2. The summed E-state index contributed by atoms with van der Waals surface area (Å²) in [5, 5.41) is 34.0. The van der Waals surface area contributed by atoms with Gasteiger partial charge in [-0.25, -0.2) is 14.6 Å². The van der Waals surface area contributed by atoms with E-state index in [0.717, 1.165) is 11.1 Å². The summed E-state index contributed by atoms with van der Waals surface area (Å²) >= 11 is 0. The van der Waals surface area contributed by atoms with Gasteiger partial charge in [-0.2, -0.15) is 9.97 Å². The van der Waals surface area contributed by atoms with E-state index >= 15 is 0 Å². The number of carbonyl (C=O) groups excluding carboxylic acids is 2. The van der Waals surface area contributed by atoms with E-state index in [1.807, 2.05) is 41.3 Å². The Hall–Kier alpha value is -5.80. The second-order valence-electron chi connectivity index (χ2n) is 12.7. The monoisotopic (exact) mass is 692 g/mol. The number of rotatable bonds is 10. The SMILES string of the molecule is COC(=O)N[C@@H]1C[C@H](n2cnc3c(NCC(c4ccccc4)c4ccccc4)nc(N4CC[C@@H](NC(=O)Nc5cccnc5)C4)nc32)[C@H](O)[C@@H]1O. The number of hydrogen-bond donors (Lipinski definition) is 6. The van der Waals surface area contributed by atoms with Gasteiger partial charge in [0.2, 0.25) is 5.95 Å². The fourth-order valence-electron chi connectivity index (χ4n) is 6.90. The van der Waals surface area contributed by atoms with Crippen LogP contribution in [0.5, 0.6) is 0 Å². The van der Waals surface area contributed by atoms with Crippen LogP contribution in [0.25, 0.3) is 11.2 Å². The average molecular weight is 693 g/mol. The molecule has 2 fully saturated rings. The minimum Gasteiger partial charge on any atom is -0.453 e. The molecule has 2 aliphatic rings. The maximum Gasteiger partial charge on any atom is 0.407 e. The second-order valence-corrected chi connectivity index (χ2v) is 12.7. The van der Waals surface area contributed by atoms with Crippen molar-refractivity contribution < 1.29 is 24.5 Å². The van der Waals surface area contributed by atoms with E-state index in [2.05, 4.69) is 50.5 Å². The zero-order chi connectivity index (χ0) is 35.3. The van der Waals surface area contributed by atoms with Crippen LogP contribution in [-0.2, 0) is 4.74 Å². The number of alkyl carbamates (subject to hydrolysis) is 1. The van der Waals surface area contributed by atoms with Gasteiger partial charge >= 0.3 is 12.1 Å². The number of benzene rings is 2. The molecule has 1 aliphatic heterocycles. The van der Waals surface area contributed by atoms with Crippen LogP contribution in [0.15, 0.2) is 91.5 Å². The zero-order valence-electron chi connectivity index (χ0n) is 28.0. The van der Waals surface area contributed by atoms with E-state index in [9.17, 15) is 19.8 Å². The molecule has 1 saturated carbocycles. The Morgan fingerprint density at radius 2 is 1.71 bits per heavy atom. The number of fused-ring (bicyclic) bond motifs is 1. The van der Waals surface area contributed by atoms with Crippen LogP contribution < -0.4 is 26.2 Å². The van der Waals surface area contributed by atoms with Gasteiger partial charge in [-0.1, -0.05) is 60.7 Å². The number of carbonyl (C=O) groups is 2. The van der Waals surface area contributed by atoms with Crippen molar-refractivity contribution in [1.82, 2.24) is 35.1 Å². The standard InChI is InChI=1S/C36H40N10O5/c1-51-36(50)42-27-17-28(31(48)30(27)47)46-21-39-29-32(38-19-26(22-9-4-2-5-10-22)23-11-6-3-7-12-23)43-34(44-33(29)46)45-16-14-25(20-45)41-35(49)40-24-13-8-15-37-18-24/h2-13,15,18,21,25-28,30-31,47-48H,14,16-17,19-20H2,1H3,(H,42,50)(H,38,43,44)(H2,40,41,49)/t25-,27-,28+,30-,31+/m1/s1. The molecule has 3 aromatic heterocycles. The van der Waals surface area contributed by atoms with Crippen molar-refractivity contribution in [3.05, 3.63) is 103 Å².